The average Bonchev–Trinajstić information content (AvgIpc) is 3.03. The summed E-state index contributed by atoms with van der Waals surface area (Å²) in [5.74, 6) is -1.06. The van der Waals surface area contributed by atoms with Crippen LogP contribution in [0.1, 0.15) is 30.0 Å². The van der Waals surface area contributed by atoms with E-state index in [1.807, 2.05) is 44.2 Å². The zero-order valence-electron chi connectivity index (χ0n) is 25.2. The third-order valence-electron chi connectivity index (χ3n) is 7.29. The Labute approximate surface area is 290 Å². The lowest BCUT2D eigenvalue weighted by Gasteiger charge is -2.34. The number of halogens is 4. The van der Waals surface area contributed by atoms with Gasteiger partial charge in [-0.1, -0.05) is 107 Å². The summed E-state index contributed by atoms with van der Waals surface area (Å²) in [4.78, 5) is 29.6. The molecule has 0 aliphatic carbocycles. The highest BCUT2D eigenvalue weighted by Gasteiger charge is 2.35. The van der Waals surface area contributed by atoms with Gasteiger partial charge in [0.1, 0.15) is 12.6 Å². The molecule has 0 saturated carbocycles. The van der Waals surface area contributed by atoms with Gasteiger partial charge in [0.15, 0.2) is 0 Å². The third kappa shape index (κ3) is 8.75. The second-order valence-corrected chi connectivity index (χ2v) is 14.1. The van der Waals surface area contributed by atoms with Crippen LogP contribution >= 0.6 is 46.4 Å². The van der Waals surface area contributed by atoms with E-state index < -0.39 is 34.4 Å². The molecular formula is C34H33Cl4N3O4S. The van der Waals surface area contributed by atoms with Gasteiger partial charge in [-0.25, -0.2) is 8.42 Å². The van der Waals surface area contributed by atoms with Gasteiger partial charge in [0.2, 0.25) is 11.8 Å². The number of rotatable bonds is 13. The second kappa shape index (κ2) is 16.0. The van der Waals surface area contributed by atoms with Crippen LogP contribution in [0.4, 0.5) is 5.69 Å². The van der Waals surface area contributed by atoms with E-state index in [-0.39, 0.29) is 33.6 Å². The van der Waals surface area contributed by atoms with E-state index in [1.54, 1.807) is 30.3 Å². The Hall–Kier alpha value is -3.27. The molecule has 1 atom stereocenters. The normalized spacial score (nSPS) is 12.0. The molecule has 0 spiro atoms. The van der Waals surface area contributed by atoms with Crippen LogP contribution in [0.5, 0.6) is 0 Å². The van der Waals surface area contributed by atoms with Crippen LogP contribution in [-0.2, 0) is 32.6 Å². The minimum absolute atomic E-state index is 0.0285. The number of carbonyl (C=O) groups excluding carboxylic acids is 2. The van der Waals surface area contributed by atoms with E-state index >= 15 is 0 Å². The lowest BCUT2D eigenvalue weighted by atomic mass is 10.0. The summed E-state index contributed by atoms with van der Waals surface area (Å²) in [5, 5.41) is 3.82. The number of hydrogen-bond donors (Lipinski definition) is 1. The Balaban J connectivity index is 1.85. The van der Waals surface area contributed by atoms with Crippen LogP contribution in [0.15, 0.2) is 95.9 Å². The second-order valence-electron chi connectivity index (χ2n) is 10.6. The van der Waals surface area contributed by atoms with E-state index in [1.165, 1.54) is 35.2 Å². The van der Waals surface area contributed by atoms with Crippen LogP contribution in [0.2, 0.25) is 20.1 Å². The first-order valence-electron chi connectivity index (χ1n) is 14.5. The standard InChI is InChI=1S/C34H33Cl4N3O4S/c1-3-18-39-34(43)32(19-24-8-5-4-6-9-24)40(21-27-28(35)10-7-11-29(27)36)33(42)22-41(25-14-17-30(37)31(38)20-25)46(44,45)26-15-12-23(2)13-16-26/h4-17,20,32H,3,18-19,21-22H2,1-2H3,(H,39,43). The quantitative estimate of drug-likeness (QED) is 0.152. The SMILES string of the molecule is CCCNC(=O)C(Cc1ccccc1)N(Cc1c(Cl)cccc1Cl)C(=O)CN(c1ccc(Cl)c(Cl)c1)S(=O)(=O)c1ccc(C)cc1. The van der Waals surface area contributed by atoms with Gasteiger partial charge in [-0.3, -0.25) is 13.9 Å². The molecular weight excluding hydrogens is 688 g/mol. The summed E-state index contributed by atoms with van der Waals surface area (Å²) >= 11 is 25.6. The highest BCUT2D eigenvalue weighted by atomic mass is 35.5. The molecule has 0 bridgehead atoms. The van der Waals surface area contributed by atoms with Crippen LogP contribution in [0, 0.1) is 6.92 Å². The Bertz CT molecular complexity index is 1770. The summed E-state index contributed by atoms with van der Waals surface area (Å²) in [6, 6.07) is 23.7. The molecule has 4 aromatic rings. The van der Waals surface area contributed by atoms with Gasteiger partial charge >= 0.3 is 0 Å². The van der Waals surface area contributed by atoms with Crippen molar-refractivity contribution in [2.24, 2.45) is 0 Å². The minimum Gasteiger partial charge on any atom is -0.354 e. The van der Waals surface area contributed by atoms with Crippen LogP contribution in [-0.4, -0.2) is 44.3 Å². The van der Waals surface area contributed by atoms with Crippen molar-refractivity contribution in [3.63, 3.8) is 0 Å². The van der Waals surface area contributed by atoms with Gasteiger partial charge in [0.05, 0.1) is 20.6 Å². The van der Waals surface area contributed by atoms with Crippen molar-refractivity contribution in [2.75, 3.05) is 17.4 Å². The molecule has 2 amide bonds. The van der Waals surface area contributed by atoms with Crippen molar-refractivity contribution in [1.82, 2.24) is 10.2 Å². The molecule has 0 radical (unpaired) electrons. The molecule has 4 rings (SSSR count). The topological polar surface area (TPSA) is 86.8 Å². The fourth-order valence-electron chi connectivity index (χ4n) is 4.78. The van der Waals surface area contributed by atoms with Crippen molar-refractivity contribution in [3.05, 3.63) is 128 Å². The number of benzene rings is 4. The lowest BCUT2D eigenvalue weighted by molar-refractivity contribution is -0.140. The number of aryl methyl sites for hydroxylation is 1. The number of sulfonamides is 1. The van der Waals surface area contributed by atoms with Crippen molar-refractivity contribution in [3.8, 4) is 0 Å². The van der Waals surface area contributed by atoms with Crippen LogP contribution in [0.25, 0.3) is 0 Å². The number of hydrogen-bond acceptors (Lipinski definition) is 4. The van der Waals surface area contributed by atoms with E-state index in [0.29, 0.717) is 28.6 Å². The summed E-state index contributed by atoms with van der Waals surface area (Å²) in [6.45, 7) is 3.32. The first kappa shape index (κ1) is 35.6. The molecule has 0 aliphatic rings. The molecule has 12 heteroatoms. The lowest BCUT2D eigenvalue weighted by Crippen LogP contribution is -2.53. The summed E-state index contributed by atoms with van der Waals surface area (Å²) in [7, 11) is -4.31. The molecule has 0 aromatic heterocycles. The maximum atomic E-state index is 14.5. The number of carbonyl (C=O) groups is 2. The highest BCUT2D eigenvalue weighted by molar-refractivity contribution is 7.92. The minimum atomic E-state index is -4.31. The zero-order valence-corrected chi connectivity index (χ0v) is 29.1. The molecule has 242 valence electrons. The van der Waals surface area contributed by atoms with Crippen molar-refractivity contribution >= 4 is 73.9 Å². The van der Waals surface area contributed by atoms with Crippen molar-refractivity contribution in [1.29, 1.82) is 0 Å². The first-order valence-corrected chi connectivity index (χ1v) is 17.5. The maximum absolute atomic E-state index is 14.5. The number of nitrogens with zero attached hydrogens (tertiary/aromatic N) is 2. The smallest absolute Gasteiger partial charge is 0.264 e. The predicted molar refractivity (Wildman–Crippen MR) is 186 cm³/mol. The zero-order chi connectivity index (χ0) is 33.4. The van der Waals surface area contributed by atoms with Gasteiger partial charge in [-0.2, -0.15) is 0 Å². The molecule has 46 heavy (non-hydrogen) atoms. The molecule has 0 fully saturated rings. The fraction of sp³-hybridized carbons (Fsp3) is 0.235. The fourth-order valence-corrected chi connectivity index (χ4v) is 7.00. The van der Waals surface area contributed by atoms with Gasteiger partial charge in [0.25, 0.3) is 10.0 Å². The van der Waals surface area contributed by atoms with Crippen molar-refractivity contribution < 1.29 is 18.0 Å². The molecule has 0 aliphatic heterocycles. The molecule has 0 heterocycles. The summed E-state index contributed by atoms with van der Waals surface area (Å²) in [5.41, 5.74) is 2.20. The van der Waals surface area contributed by atoms with Crippen molar-refractivity contribution in [2.45, 2.75) is 44.2 Å². The number of nitrogens with one attached hydrogen (secondary N) is 1. The molecule has 1 unspecified atom stereocenters. The van der Waals surface area contributed by atoms with Gasteiger partial charge < -0.3 is 10.2 Å². The first-order chi connectivity index (χ1) is 21.9. The van der Waals surface area contributed by atoms with Gasteiger partial charge in [0, 0.05) is 35.1 Å². The highest BCUT2D eigenvalue weighted by Crippen LogP contribution is 2.32. The predicted octanol–water partition coefficient (Wildman–Crippen LogP) is 7.97. The molecule has 7 nitrogen and oxygen atoms in total. The van der Waals surface area contributed by atoms with Gasteiger partial charge in [-0.05, 0) is 61.4 Å². The van der Waals surface area contributed by atoms with E-state index in [4.69, 9.17) is 46.4 Å². The number of amides is 2. The number of anilines is 1. The molecule has 1 N–H and O–H groups in total. The van der Waals surface area contributed by atoms with E-state index in [2.05, 4.69) is 5.32 Å². The maximum Gasteiger partial charge on any atom is 0.264 e. The summed E-state index contributed by atoms with van der Waals surface area (Å²) in [6.07, 6.45) is 0.829. The molecule has 4 aromatic carbocycles. The Morgan fingerprint density at radius 2 is 1.46 bits per heavy atom. The summed E-state index contributed by atoms with van der Waals surface area (Å²) < 4.78 is 29.3. The van der Waals surface area contributed by atoms with Gasteiger partial charge in [-0.15, -0.1) is 0 Å². The Morgan fingerprint density at radius 3 is 2.07 bits per heavy atom. The van der Waals surface area contributed by atoms with E-state index in [9.17, 15) is 18.0 Å². The molecule has 0 saturated heterocycles. The Kier molecular flexibility index (Phi) is 12.4. The Morgan fingerprint density at radius 1 is 0.804 bits per heavy atom. The van der Waals surface area contributed by atoms with E-state index in [0.717, 1.165) is 15.4 Å². The third-order valence-corrected chi connectivity index (χ3v) is 10.5. The largest absolute Gasteiger partial charge is 0.354 e. The van der Waals surface area contributed by atoms with Crippen LogP contribution in [0.3, 0.4) is 0 Å². The van der Waals surface area contributed by atoms with Crippen LogP contribution < -0.4 is 9.62 Å². The average molecular weight is 722 g/mol. The monoisotopic (exact) mass is 719 g/mol.